The summed E-state index contributed by atoms with van der Waals surface area (Å²) < 4.78 is 10.1. The predicted molar refractivity (Wildman–Crippen MR) is 60.1 cm³/mol. The molecular weight excluding hydrogens is 232 g/mol. The van der Waals surface area contributed by atoms with Crippen molar-refractivity contribution in [1.82, 2.24) is 0 Å². The van der Waals surface area contributed by atoms with E-state index in [9.17, 15) is 4.79 Å². The van der Waals surface area contributed by atoms with Crippen LogP contribution < -0.4 is 4.74 Å². The second-order valence-corrected chi connectivity index (χ2v) is 3.63. The molecule has 1 aromatic carbocycles. The number of ether oxygens (including phenoxy) is 2. The van der Waals surface area contributed by atoms with Crippen LogP contribution >= 0.6 is 11.6 Å². The number of carboxylic acids is 1. The number of methoxy groups -OCH3 is 2. The van der Waals surface area contributed by atoms with Crippen LogP contribution in [0.2, 0.25) is 5.02 Å². The summed E-state index contributed by atoms with van der Waals surface area (Å²) in [5.41, 5.74) is 1.33. The van der Waals surface area contributed by atoms with Gasteiger partial charge in [-0.2, -0.15) is 0 Å². The quantitative estimate of drug-likeness (QED) is 0.862. The molecule has 0 aliphatic heterocycles. The molecule has 0 saturated heterocycles. The molecule has 0 unspecified atom stereocenters. The van der Waals surface area contributed by atoms with Gasteiger partial charge >= 0.3 is 5.97 Å². The van der Waals surface area contributed by atoms with Crippen LogP contribution in [0.5, 0.6) is 5.75 Å². The second-order valence-electron chi connectivity index (χ2n) is 3.22. The Bertz CT molecular complexity index is 390. The lowest BCUT2D eigenvalue weighted by Crippen LogP contribution is -2.07. The number of halogens is 1. The topological polar surface area (TPSA) is 55.8 Å². The van der Waals surface area contributed by atoms with Gasteiger partial charge in [-0.05, 0) is 11.6 Å². The van der Waals surface area contributed by atoms with Gasteiger partial charge in [0.1, 0.15) is 5.75 Å². The standard InChI is InChI=1S/C11H13ClO4/c1-15-6-7-3-4-9(12)11(16-2)8(7)5-10(13)14/h3-4H,5-6H2,1-2H3,(H,13,14). The van der Waals surface area contributed by atoms with Crippen molar-refractivity contribution in [1.29, 1.82) is 0 Å². The van der Waals surface area contributed by atoms with Crippen LogP contribution in [0, 0.1) is 0 Å². The van der Waals surface area contributed by atoms with Crippen molar-refractivity contribution in [2.45, 2.75) is 13.0 Å². The molecule has 4 nitrogen and oxygen atoms in total. The first kappa shape index (κ1) is 12.8. The van der Waals surface area contributed by atoms with E-state index in [4.69, 9.17) is 26.2 Å². The number of aliphatic carboxylic acids is 1. The molecule has 16 heavy (non-hydrogen) atoms. The fourth-order valence-corrected chi connectivity index (χ4v) is 1.75. The first-order chi connectivity index (χ1) is 7.60. The molecule has 0 aromatic heterocycles. The van der Waals surface area contributed by atoms with Crippen LogP contribution in [-0.2, 0) is 22.6 Å². The van der Waals surface area contributed by atoms with Gasteiger partial charge < -0.3 is 14.6 Å². The molecule has 0 amide bonds. The molecular formula is C11H13ClO4. The number of rotatable bonds is 5. The zero-order valence-electron chi connectivity index (χ0n) is 9.12. The summed E-state index contributed by atoms with van der Waals surface area (Å²) >= 11 is 5.93. The molecule has 0 bridgehead atoms. The summed E-state index contributed by atoms with van der Waals surface area (Å²) in [4.78, 5) is 10.8. The van der Waals surface area contributed by atoms with E-state index >= 15 is 0 Å². The fraction of sp³-hybridized carbons (Fsp3) is 0.364. The average molecular weight is 245 g/mol. The lowest BCUT2D eigenvalue weighted by atomic mass is 10.0. The SMILES string of the molecule is COCc1ccc(Cl)c(OC)c1CC(=O)O. The highest BCUT2D eigenvalue weighted by Crippen LogP contribution is 2.32. The van der Waals surface area contributed by atoms with E-state index in [-0.39, 0.29) is 6.42 Å². The first-order valence-electron chi connectivity index (χ1n) is 4.65. The second kappa shape index (κ2) is 5.72. The molecule has 0 heterocycles. The maximum atomic E-state index is 10.8. The lowest BCUT2D eigenvalue weighted by molar-refractivity contribution is -0.136. The molecule has 0 radical (unpaired) electrons. The third-order valence-corrected chi connectivity index (χ3v) is 2.44. The van der Waals surface area contributed by atoms with E-state index in [1.165, 1.54) is 7.11 Å². The van der Waals surface area contributed by atoms with Crippen LogP contribution in [-0.4, -0.2) is 25.3 Å². The molecule has 1 aromatic rings. The Kier molecular flexibility index (Phi) is 4.58. The van der Waals surface area contributed by atoms with E-state index in [1.54, 1.807) is 19.2 Å². The van der Waals surface area contributed by atoms with Crippen LogP contribution in [0.4, 0.5) is 0 Å². The van der Waals surface area contributed by atoms with Crippen molar-refractivity contribution < 1.29 is 19.4 Å². The third kappa shape index (κ3) is 2.87. The molecule has 5 heteroatoms. The summed E-state index contributed by atoms with van der Waals surface area (Å²) in [5.74, 6) is -0.531. The van der Waals surface area contributed by atoms with Gasteiger partial charge in [0.05, 0.1) is 25.2 Å². The maximum absolute atomic E-state index is 10.8. The smallest absolute Gasteiger partial charge is 0.307 e. The van der Waals surface area contributed by atoms with Crippen LogP contribution in [0.3, 0.4) is 0 Å². The van der Waals surface area contributed by atoms with Crippen molar-refractivity contribution >= 4 is 17.6 Å². The largest absolute Gasteiger partial charge is 0.495 e. The minimum atomic E-state index is -0.932. The summed E-state index contributed by atoms with van der Waals surface area (Å²) in [6.45, 7) is 0.330. The van der Waals surface area contributed by atoms with Crippen molar-refractivity contribution in [3.8, 4) is 5.75 Å². The van der Waals surface area contributed by atoms with Crippen LogP contribution in [0.1, 0.15) is 11.1 Å². The summed E-state index contributed by atoms with van der Waals surface area (Å²) in [6, 6.07) is 3.41. The highest BCUT2D eigenvalue weighted by Gasteiger charge is 2.15. The molecule has 0 spiro atoms. The van der Waals surface area contributed by atoms with Crippen LogP contribution in [0.25, 0.3) is 0 Å². The Morgan fingerprint density at radius 1 is 1.44 bits per heavy atom. The zero-order chi connectivity index (χ0) is 12.1. The van der Waals surface area contributed by atoms with Crippen LogP contribution in [0.15, 0.2) is 12.1 Å². The van der Waals surface area contributed by atoms with Crippen molar-refractivity contribution in [3.05, 3.63) is 28.3 Å². The van der Waals surface area contributed by atoms with E-state index in [0.717, 1.165) is 5.56 Å². The predicted octanol–water partition coefficient (Wildman–Crippen LogP) is 2.12. The maximum Gasteiger partial charge on any atom is 0.307 e. The lowest BCUT2D eigenvalue weighted by Gasteiger charge is -2.13. The first-order valence-corrected chi connectivity index (χ1v) is 5.03. The molecule has 1 rings (SSSR count). The van der Waals surface area contributed by atoms with Crippen molar-refractivity contribution in [3.63, 3.8) is 0 Å². The molecule has 0 atom stereocenters. The Morgan fingerprint density at radius 3 is 2.62 bits per heavy atom. The Balaban J connectivity index is 3.22. The van der Waals surface area contributed by atoms with Gasteiger partial charge in [-0.3, -0.25) is 4.79 Å². The fourth-order valence-electron chi connectivity index (χ4n) is 1.50. The minimum absolute atomic E-state index is 0.136. The third-order valence-electron chi connectivity index (χ3n) is 2.14. The molecule has 0 aliphatic rings. The molecule has 1 N–H and O–H groups in total. The van der Waals surface area contributed by atoms with E-state index in [1.807, 2.05) is 0 Å². The van der Waals surface area contributed by atoms with E-state index in [0.29, 0.717) is 22.9 Å². The Morgan fingerprint density at radius 2 is 2.12 bits per heavy atom. The van der Waals surface area contributed by atoms with Gasteiger partial charge in [0.2, 0.25) is 0 Å². The number of benzene rings is 1. The normalized spacial score (nSPS) is 10.2. The van der Waals surface area contributed by atoms with E-state index in [2.05, 4.69) is 0 Å². The molecule has 0 fully saturated rings. The Hall–Kier alpha value is -1.26. The number of hydrogen-bond acceptors (Lipinski definition) is 3. The van der Waals surface area contributed by atoms with Gasteiger partial charge in [-0.1, -0.05) is 17.7 Å². The summed E-state index contributed by atoms with van der Waals surface area (Å²) in [7, 11) is 3.01. The summed E-state index contributed by atoms with van der Waals surface area (Å²) in [5, 5.41) is 9.23. The molecule has 0 aliphatic carbocycles. The van der Waals surface area contributed by atoms with Crippen molar-refractivity contribution in [2.75, 3.05) is 14.2 Å². The highest BCUT2D eigenvalue weighted by molar-refractivity contribution is 6.32. The van der Waals surface area contributed by atoms with E-state index < -0.39 is 5.97 Å². The minimum Gasteiger partial charge on any atom is -0.495 e. The Labute approximate surface area is 98.7 Å². The zero-order valence-corrected chi connectivity index (χ0v) is 9.87. The highest BCUT2D eigenvalue weighted by atomic mass is 35.5. The number of carboxylic acid groups (broad SMARTS) is 1. The van der Waals surface area contributed by atoms with Gasteiger partial charge in [-0.15, -0.1) is 0 Å². The average Bonchev–Trinajstić information content (AvgIpc) is 2.22. The van der Waals surface area contributed by atoms with Crippen molar-refractivity contribution in [2.24, 2.45) is 0 Å². The number of carbonyl (C=O) groups is 1. The van der Waals surface area contributed by atoms with Gasteiger partial charge in [0, 0.05) is 12.7 Å². The van der Waals surface area contributed by atoms with Gasteiger partial charge in [-0.25, -0.2) is 0 Å². The van der Waals surface area contributed by atoms with Gasteiger partial charge in [0.15, 0.2) is 0 Å². The summed E-state index contributed by atoms with van der Waals surface area (Å²) in [6.07, 6.45) is -0.136. The monoisotopic (exact) mass is 244 g/mol. The molecule has 0 saturated carbocycles. The van der Waals surface area contributed by atoms with Gasteiger partial charge in [0.25, 0.3) is 0 Å². The number of hydrogen-bond donors (Lipinski definition) is 1. The molecule has 88 valence electrons.